The molecule has 3 atom stereocenters. The summed E-state index contributed by atoms with van der Waals surface area (Å²) < 4.78 is 52.5. The van der Waals surface area contributed by atoms with E-state index in [4.69, 9.17) is 0 Å². The monoisotopic (exact) mass is 397 g/mol. The lowest BCUT2D eigenvalue weighted by atomic mass is 10.0. The number of aliphatic hydroxyl groups excluding tert-OH is 1. The van der Waals surface area contributed by atoms with Crippen LogP contribution in [0.15, 0.2) is 36.4 Å². The van der Waals surface area contributed by atoms with Crippen molar-refractivity contribution in [3.05, 3.63) is 70.8 Å². The molecule has 2 aromatic carbocycles. The van der Waals surface area contributed by atoms with Gasteiger partial charge in [-0.3, -0.25) is 14.9 Å². The van der Waals surface area contributed by atoms with Gasteiger partial charge in [0.15, 0.2) is 23.6 Å². The number of halogens is 4. The molecule has 3 rings (SSSR count). The molecule has 1 aliphatic heterocycles. The van der Waals surface area contributed by atoms with Crippen molar-refractivity contribution in [2.24, 2.45) is 0 Å². The van der Waals surface area contributed by atoms with Gasteiger partial charge < -0.3 is 15.7 Å². The summed E-state index contributed by atoms with van der Waals surface area (Å²) in [5.41, 5.74) is 0.400. The number of rotatable bonds is 4. The maximum absolute atomic E-state index is 13.2. The number of benzene rings is 2. The van der Waals surface area contributed by atoms with Gasteiger partial charge in [-0.15, -0.1) is 0 Å². The Bertz CT molecular complexity index is 884. The standard InChI is InChI=1S/C18H15F4N3O3/c19-10-3-1-9(2-4-10)16-24-14(15(26)18(28)25-16)17(27)23-7-8-5-11(20)13(22)12(21)6-8/h1-6,14-16,24,26H,7H2,(H,23,27)(H,25,28). The third-order valence-corrected chi connectivity index (χ3v) is 4.21. The zero-order chi connectivity index (χ0) is 20.4. The van der Waals surface area contributed by atoms with Crippen LogP contribution in [0.5, 0.6) is 0 Å². The lowest BCUT2D eigenvalue weighted by molar-refractivity contribution is -0.142. The van der Waals surface area contributed by atoms with Crippen LogP contribution in [0.25, 0.3) is 0 Å². The number of hydrogen-bond donors (Lipinski definition) is 4. The molecule has 6 nitrogen and oxygen atoms in total. The van der Waals surface area contributed by atoms with Crippen LogP contribution in [0.1, 0.15) is 17.3 Å². The molecular weight excluding hydrogens is 382 g/mol. The van der Waals surface area contributed by atoms with Gasteiger partial charge in [0.2, 0.25) is 5.91 Å². The summed E-state index contributed by atoms with van der Waals surface area (Å²) in [5.74, 6) is -6.57. The van der Waals surface area contributed by atoms with Crippen LogP contribution >= 0.6 is 0 Å². The molecule has 2 aromatic rings. The summed E-state index contributed by atoms with van der Waals surface area (Å²) in [6.07, 6.45) is -2.59. The quantitative estimate of drug-likeness (QED) is 0.458. The van der Waals surface area contributed by atoms with Crippen molar-refractivity contribution < 1.29 is 32.3 Å². The van der Waals surface area contributed by atoms with Gasteiger partial charge in [-0.2, -0.15) is 0 Å². The Morgan fingerprint density at radius 2 is 1.68 bits per heavy atom. The van der Waals surface area contributed by atoms with Crippen molar-refractivity contribution in [3.63, 3.8) is 0 Å². The molecular formula is C18H15F4N3O3. The first-order valence-corrected chi connectivity index (χ1v) is 8.17. The van der Waals surface area contributed by atoms with Gasteiger partial charge >= 0.3 is 0 Å². The average molecular weight is 397 g/mol. The number of carbonyl (C=O) groups is 2. The molecule has 0 saturated carbocycles. The highest BCUT2D eigenvalue weighted by atomic mass is 19.2. The Morgan fingerprint density at radius 3 is 2.29 bits per heavy atom. The van der Waals surface area contributed by atoms with Gasteiger partial charge in [0.25, 0.3) is 5.91 Å². The molecule has 4 N–H and O–H groups in total. The number of aliphatic hydroxyl groups is 1. The van der Waals surface area contributed by atoms with E-state index in [0.717, 1.165) is 12.1 Å². The van der Waals surface area contributed by atoms with Crippen LogP contribution in [0.4, 0.5) is 17.6 Å². The van der Waals surface area contributed by atoms with E-state index in [0.29, 0.717) is 5.56 Å². The fourth-order valence-corrected chi connectivity index (χ4v) is 2.75. The largest absolute Gasteiger partial charge is 0.381 e. The fourth-order valence-electron chi connectivity index (χ4n) is 2.75. The number of amides is 2. The second-order valence-electron chi connectivity index (χ2n) is 6.17. The Morgan fingerprint density at radius 1 is 1.07 bits per heavy atom. The Hall–Kier alpha value is -2.98. The van der Waals surface area contributed by atoms with E-state index < -0.39 is 53.4 Å². The topological polar surface area (TPSA) is 90.5 Å². The minimum atomic E-state index is -1.72. The molecule has 148 valence electrons. The van der Waals surface area contributed by atoms with Crippen molar-refractivity contribution >= 4 is 11.8 Å². The molecule has 0 bridgehead atoms. The third-order valence-electron chi connectivity index (χ3n) is 4.21. The van der Waals surface area contributed by atoms with E-state index in [2.05, 4.69) is 16.0 Å². The summed E-state index contributed by atoms with van der Waals surface area (Å²) in [7, 11) is 0. The van der Waals surface area contributed by atoms with E-state index in [-0.39, 0.29) is 12.1 Å². The van der Waals surface area contributed by atoms with Gasteiger partial charge in [-0.05, 0) is 35.4 Å². The smallest absolute Gasteiger partial charge is 0.252 e. The van der Waals surface area contributed by atoms with E-state index in [9.17, 15) is 32.3 Å². The van der Waals surface area contributed by atoms with Crippen molar-refractivity contribution in [2.75, 3.05) is 0 Å². The van der Waals surface area contributed by atoms with Crippen LogP contribution in [0, 0.1) is 23.3 Å². The van der Waals surface area contributed by atoms with E-state index in [1.807, 2.05) is 0 Å². The zero-order valence-electron chi connectivity index (χ0n) is 14.2. The highest BCUT2D eigenvalue weighted by Gasteiger charge is 2.39. The maximum atomic E-state index is 13.2. The molecule has 3 unspecified atom stereocenters. The lowest BCUT2D eigenvalue weighted by Crippen LogP contribution is -2.64. The van der Waals surface area contributed by atoms with Gasteiger partial charge in [-0.1, -0.05) is 12.1 Å². The molecule has 1 aliphatic rings. The van der Waals surface area contributed by atoms with Crippen molar-refractivity contribution in [3.8, 4) is 0 Å². The number of carbonyl (C=O) groups excluding carboxylic acids is 2. The maximum Gasteiger partial charge on any atom is 0.252 e. The van der Waals surface area contributed by atoms with Crippen LogP contribution in [0.2, 0.25) is 0 Å². The predicted octanol–water partition coefficient (Wildman–Crippen LogP) is 1.01. The van der Waals surface area contributed by atoms with Gasteiger partial charge in [0, 0.05) is 6.54 Å². The van der Waals surface area contributed by atoms with Gasteiger partial charge in [0.1, 0.15) is 18.0 Å². The molecule has 28 heavy (non-hydrogen) atoms. The fraction of sp³-hybridized carbons (Fsp3) is 0.222. The zero-order valence-corrected chi connectivity index (χ0v) is 14.2. The molecule has 1 heterocycles. The molecule has 10 heteroatoms. The molecule has 0 aliphatic carbocycles. The summed E-state index contributed by atoms with van der Waals surface area (Å²) in [6.45, 7) is -0.360. The van der Waals surface area contributed by atoms with Crippen LogP contribution in [-0.2, 0) is 16.1 Å². The second-order valence-corrected chi connectivity index (χ2v) is 6.17. The van der Waals surface area contributed by atoms with Crippen molar-refractivity contribution in [1.82, 2.24) is 16.0 Å². The van der Waals surface area contributed by atoms with Gasteiger partial charge in [-0.25, -0.2) is 17.6 Å². The molecule has 2 amide bonds. The van der Waals surface area contributed by atoms with Crippen molar-refractivity contribution in [2.45, 2.75) is 24.9 Å². The van der Waals surface area contributed by atoms with E-state index >= 15 is 0 Å². The molecule has 0 spiro atoms. The third kappa shape index (κ3) is 4.12. The molecule has 0 radical (unpaired) electrons. The van der Waals surface area contributed by atoms with Crippen LogP contribution in [-0.4, -0.2) is 29.1 Å². The molecule has 1 fully saturated rings. The molecule has 1 saturated heterocycles. The molecule has 0 aromatic heterocycles. The summed E-state index contributed by atoms with van der Waals surface area (Å²) in [5, 5.41) is 17.4. The minimum Gasteiger partial charge on any atom is -0.381 e. The summed E-state index contributed by atoms with van der Waals surface area (Å²) in [6, 6.07) is 5.18. The first kappa shape index (κ1) is 19.8. The first-order chi connectivity index (χ1) is 13.3. The normalized spacial score (nSPS) is 21.9. The van der Waals surface area contributed by atoms with E-state index in [1.165, 1.54) is 24.3 Å². The highest BCUT2D eigenvalue weighted by molar-refractivity contribution is 5.93. The van der Waals surface area contributed by atoms with Crippen molar-refractivity contribution in [1.29, 1.82) is 0 Å². The Labute approximate surface area is 156 Å². The number of nitrogens with one attached hydrogen (secondary N) is 3. The summed E-state index contributed by atoms with van der Waals surface area (Å²) in [4.78, 5) is 24.3. The SMILES string of the molecule is O=C1NC(c2ccc(F)cc2)NC(C(=O)NCc2cc(F)c(F)c(F)c2)C1O. The van der Waals surface area contributed by atoms with Crippen LogP contribution in [0.3, 0.4) is 0 Å². The number of hydrogen-bond acceptors (Lipinski definition) is 4. The Balaban J connectivity index is 1.70. The minimum absolute atomic E-state index is 0.0467. The first-order valence-electron chi connectivity index (χ1n) is 8.17. The van der Waals surface area contributed by atoms with Gasteiger partial charge in [0.05, 0.1) is 0 Å². The van der Waals surface area contributed by atoms with Crippen LogP contribution < -0.4 is 16.0 Å². The average Bonchev–Trinajstić information content (AvgIpc) is 2.66. The highest BCUT2D eigenvalue weighted by Crippen LogP contribution is 2.18. The van der Waals surface area contributed by atoms with E-state index in [1.54, 1.807) is 0 Å². The lowest BCUT2D eigenvalue weighted by Gasteiger charge is -2.34. The summed E-state index contributed by atoms with van der Waals surface area (Å²) >= 11 is 0. The second kappa shape index (κ2) is 7.95. The predicted molar refractivity (Wildman–Crippen MR) is 88.4 cm³/mol. The Kier molecular flexibility index (Phi) is 5.61.